The Morgan fingerprint density at radius 3 is 2.31 bits per heavy atom. The number of piperidine rings is 1. The molecule has 3 rings (SSSR count). The van der Waals surface area contributed by atoms with Crippen LogP contribution < -0.4 is 5.32 Å². The van der Waals surface area contributed by atoms with Gasteiger partial charge in [-0.05, 0) is 55.4 Å². The van der Waals surface area contributed by atoms with Crippen molar-refractivity contribution in [1.29, 1.82) is 0 Å². The zero-order chi connectivity index (χ0) is 19.1. The number of hydrogen-bond donors (Lipinski definition) is 2. The Kier molecular flexibility index (Phi) is 5.26. The smallest absolute Gasteiger partial charge is 0.317 e. The molecule has 2 saturated carbocycles. The van der Waals surface area contributed by atoms with Gasteiger partial charge >= 0.3 is 12.0 Å². The fourth-order valence-electron chi connectivity index (χ4n) is 5.77. The van der Waals surface area contributed by atoms with Crippen LogP contribution in [-0.4, -0.2) is 65.2 Å². The van der Waals surface area contributed by atoms with Crippen molar-refractivity contribution < 1.29 is 14.7 Å². The molecule has 2 N–H and O–H groups in total. The van der Waals surface area contributed by atoms with Crippen molar-refractivity contribution in [2.24, 2.45) is 16.7 Å². The lowest BCUT2D eigenvalue weighted by Crippen LogP contribution is -2.54. The maximum Gasteiger partial charge on any atom is 0.317 e. The number of nitrogens with zero attached hydrogens (tertiary/aromatic N) is 2. The first-order valence-electron chi connectivity index (χ1n) is 10.2. The molecule has 0 aromatic rings. The number of carboxylic acid groups (broad SMARTS) is 1. The number of nitrogens with one attached hydrogen (secondary N) is 1. The lowest BCUT2D eigenvalue weighted by molar-refractivity contribution is -0.139. The van der Waals surface area contributed by atoms with Crippen LogP contribution in [-0.2, 0) is 4.79 Å². The summed E-state index contributed by atoms with van der Waals surface area (Å²) < 4.78 is 0. The van der Waals surface area contributed by atoms with Crippen molar-refractivity contribution in [1.82, 2.24) is 15.1 Å². The number of aliphatic carboxylic acids is 1. The van der Waals surface area contributed by atoms with Gasteiger partial charge in [0.25, 0.3) is 0 Å². The molecular formula is C20H35N3O3. The van der Waals surface area contributed by atoms with Gasteiger partial charge < -0.3 is 15.3 Å². The normalized spacial score (nSPS) is 33.7. The Balaban J connectivity index is 1.53. The monoisotopic (exact) mass is 365 g/mol. The molecule has 1 heterocycles. The van der Waals surface area contributed by atoms with E-state index in [0.717, 1.165) is 31.7 Å². The zero-order valence-corrected chi connectivity index (χ0v) is 16.8. The summed E-state index contributed by atoms with van der Waals surface area (Å²) in [5.41, 5.74) is 0.503. The van der Waals surface area contributed by atoms with E-state index < -0.39 is 5.97 Å². The molecule has 3 aliphatic rings. The highest BCUT2D eigenvalue weighted by molar-refractivity contribution is 5.75. The molecule has 3 atom stereocenters. The Labute approximate surface area is 157 Å². The van der Waals surface area contributed by atoms with Gasteiger partial charge in [-0.3, -0.25) is 9.69 Å². The number of hydrogen-bond acceptors (Lipinski definition) is 3. The highest BCUT2D eigenvalue weighted by Crippen LogP contribution is 2.65. The number of likely N-dealkylation sites (N-methyl/N-ethyl adjacent to an activating group) is 1. The second-order valence-corrected chi connectivity index (χ2v) is 9.29. The second-order valence-electron chi connectivity index (χ2n) is 9.29. The van der Waals surface area contributed by atoms with E-state index >= 15 is 0 Å². The summed E-state index contributed by atoms with van der Waals surface area (Å²) in [7, 11) is 0. The number of amides is 2. The zero-order valence-electron chi connectivity index (χ0n) is 16.8. The predicted molar refractivity (Wildman–Crippen MR) is 101 cm³/mol. The van der Waals surface area contributed by atoms with E-state index in [-0.39, 0.29) is 30.1 Å². The molecule has 2 amide bonds. The van der Waals surface area contributed by atoms with E-state index in [1.54, 1.807) is 0 Å². The van der Waals surface area contributed by atoms with Crippen LogP contribution in [0.1, 0.15) is 59.8 Å². The molecule has 0 radical (unpaired) electrons. The molecular weight excluding hydrogens is 330 g/mol. The van der Waals surface area contributed by atoms with Crippen molar-refractivity contribution in [3.8, 4) is 0 Å². The van der Waals surface area contributed by atoms with E-state index in [1.165, 1.54) is 12.8 Å². The number of urea groups is 1. The largest absolute Gasteiger partial charge is 0.480 e. The van der Waals surface area contributed by atoms with E-state index in [1.807, 2.05) is 16.7 Å². The Morgan fingerprint density at radius 1 is 1.19 bits per heavy atom. The van der Waals surface area contributed by atoms with Crippen LogP contribution in [0.5, 0.6) is 0 Å². The van der Waals surface area contributed by atoms with Gasteiger partial charge in [-0.25, -0.2) is 4.79 Å². The third kappa shape index (κ3) is 3.21. The van der Waals surface area contributed by atoms with Gasteiger partial charge in [-0.15, -0.1) is 0 Å². The fourth-order valence-corrected chi connectivity index (χ4v) is 5.77. The molecule has 0 aromatic heterocycles. The minimum atomic E-state index is -0.779. The summed E-state index contributed by atoms with van der Waals surface area (Å²) in [5.74, 6) is -0.0585. The minimum Gasteiger partial charge on any atom is -0.480 e. The van der Waals surface area contributed by atoms with Gasteiger partial charge in [0.1, 0.15) is 0 Å². The molecule has 6 nitrogen and oxygen atoms in total. The number of carbonyl (C=O) groups excluding carboxylic acids is 1. The van der Waals surface area contributed by atoms with Gasteiger partial charge in [-0.2, -0.15) is 0 Å². The first-order valence-corrected chi connectivity index (χ1v) is 10.2. The molecule has 2 bridgehead atoms. The van der Waals surface area contributed by atoms with Crippen LogP contribution in [0.25, 0.3) is 0 Å². The van der Waals surface area contributed by atoms with Crippen LogP contribution in [0.4, 0.5) is 4.79 Å². The summed E-state index contributed by atoms with van der Waals surface area (Å²) >= 11 is 0. The van der Waals surface area contributed by atoms with Gasteiger partial charge in [0.05, 0.1) is 6.54 Å². The van der Waals surface area contributed by atoms with Crippen molar-refractivity contribution in [3.63, 3.8) is 0 Å². The highest BCUT2D eigenvalue weighted by Gasteiger charge is 2.61. The Morgan fingerprint density at radius 2 is 1.85 bits per heavy atom. The van der Waals surface area contributed by atoms with Crippen LogP contribution in [0.15, 0.2) is 0 Å². The number of rotatable bonds is 5. The third-order valence-electron chi connectivity index (χ3n) is 8.10. The quantitative estimate of drug-likeness (QED) is 0.786. The van der Waals surface area contributed by atoms with Gasteiger partial charge in [0.15, 0.2) is 0 Å². The molecule has 1 saturated heterocycles. The molecule has 148 valence electrons. The average Bonchev–Trinajstić information content (AvgIpc) is 2.93. The first-order chi connectivity index (χ1) is 12.2. The summed E-state index contributed by atoms with van der Waals surface area (Å²) in [4.78, 5) is 27.8. The number of likely N-dealkylation sites (tertiary alicyclic amines) is 1. The SMILES string of the molecule is CCN(CC(=O)O)C1CCN(C(=O)NC2CC3CCC2(C)C3(C)C)CC1. The van der Waals surface area contributed by atoms with Gasteiger partial charge in [0.2, 0.25) is 0 Å². The third-order valence-corrected chi connectivity index (χ3v) is 8.10. The summed E-state index contributed by atoms with van der Waals surface area (Å²) in [6.07, 6.45) is 5.30. The summed E-state index contributed by atoms with van der Waals surface area (Å²) in [5, 5.41) is 12.4. The van der Waals surface area contributed by atoms with Crippen LogP contribution in [0.3, 0.4) is 0 Å². The molecule has 3 fully saturated rings. The average molecular weight is 366 g/mol. The van der Waals surface area contributed by atoms with Crippen molar-refractivity contribution >= 4 is 12.0 Å². The van der Waals surface area contributed by atoms with Crippen molar-refractivity contribution in [2.75, 3.05) is 26.2 Å². The van der Waals surface area contributed by atoms with Crippen molar-refractivity contribution in [2.45, 2.75) is 71.9 Å². The van der Waals surface area contributed by atoms with E-state index in [4.69, 9.17) is 5.11 Å². The number of carbonyl (C=O) groups is 2. The summed E-state index contributed by atoms with van der Waals surface area (Å²) in [6.45, 7) is 11.3. The van der Waals surface area contributed by atoms with Gasteiger partial charge in [0, 0.05) is 25.2 Å². The van der Waals surface area contributed by atoms with Crippen LogP contribution in [0, 0.1) is 16.7 Å². The first kappa shape index (κ1) is 19.5. The molecule has 3 unspecified atom stereocenters. The van der Waals surface area contributed by atoms with Crippen LogP contribution in [0.2, 0.25) is 0 Å². The molecule has 1 aliphatic heterocycles. The maximum atomic E-state index is 12.8. The lowest BCUT2D eigenvalue weighted by atomic mass is 9.69. The van der Waals surface area contributed by atoms with Crippen molar-refractivity contribution in [3.05, 3.63) is 0 Å². The highest BCUT2D eigenvalue weighted by atomic mass is 16.4. The molecule has 0 spiro atoms. The Bertz CT molecular complexity index is 557. The number of fused-ring (bicyclic) bond motifs is 2. The number of carboxylic acids is 1. The second kappa shape index (κ2) is 7.02. The molecule has 26 heavy (non-hydrogen) atoms. The van der Waals surface area contributed by atoms with E-state index in [2.05, 4.69) is 26.1 Å². The van der Waals surface area contributed by atoms with E-state index in [0.29, 0.717) is 18.5 Å². The maximum absolute atomic E-state index is 12.8. The molecule has 6 heteroatoms. The minimum absolute atomic E-state index is 0.0688. The molecule has 0 aromatic carbocycles. The van der Waals surface area contributed by atoms with Gasteiger partial charge in [-0.1, -0.05) is 27.7 Å². The molecule has 2 aliphatic carbocycles. The predicted octanol–water partition coefficient (Wildman–Crippen LogP) is 2.78. The fraction of sp³-hybridized carbons (Fsp3) is 0.900. The topological polar surface area (TPSA) is 72.9 Å². The lowest BCUT2D eigenvalue weighted by Gasteiger charge is -2.41. The standard InChI is InChI=1S/C20H35N3O3/c1-5-22(13-17(24)25)15-7-10-23(11-8-15)18(26)21-16-12-14-6-9-20(16,4)19(14,2)3/h14-16H,5-13H2,1-4H3,(H,21,26)(H,24,25). The summed E-state index contributed by atoms with van der Waals surface area (Å²) in [6, 6.07) is 0.610. The van der Waals surface area contributed by atoms with Crippen LogP contribution >= 0.6 is 0 Å². The Hall–Kier alpha value is -1.30. The van der Waals surface area contributed by atoms with E-state index in [9.17, 15) is 9.59 Å².